The Morgan fingerprint density at radius 1 is 1.35 bits per heavy atom. The Balaban J connectivity index is 2.09. The summed E-state index contributed by atoms with van der Waals surface area (Å²) in [4.78, 5) is 13.2. The van der Waals surface area contributed by atoms with E-state index in [0.29, 0.717) is 28.3 Å². The smallest absolute Gasteiger partial charge is 0.252 e. The molecule has 0 bridgehead atoms. The van der Waals surface area contributed by atoms with Gasteiger partial charge < -0.3 is 5.32 Å². The van der Waals surface area contributed by atoms with Gasteiger partial charge in [-0.1, -0.05) is 42.6 Å². The minimum Gasteiger partial charge on any atom is -0.349 e. The van der Waals surface area contributed by atoms with Gasteiger partial charge in [0.2, 0.25) is 0 Å². The van der Waals surface area contributed by atoms with Gasteiger partial charge in [0.05, 0.1) is 5.56 Å². The van der Waals surface area contributed by atoms with Gasteiger partial charge in [-0.2, -0.15) is 0 Å². The van der Waals surface area contributed by atoms with Crippen molar-refractivity contribution in [3.05, 3.63) is 28.2 Å². The third-order valence-electron chi connectivity index (χ3n) is 4.20. The van der Waals surface area contributed by atoms with E-state index < -0.39 is 0 Å². The maximum atomic E-state index is 12.4. The second-order valence-corrected chi connectivity index (χ2v) is 7.33. The first-order chi connectivity index (χ1) is 9.49. The van der Waals surface area contributed by atoms with Crippen molar-refractivity contribution in [2.75, 3.05) is 0 Å². The molecule has 1 aliphatic rings. The van der Waals surface area contributed by atoms with Gasteiger partial charge in [0.15, 0.2) is 0 Å². The van der Waals surface area contributed by atoms with Gasteiger partial charge in [-0.25, -0.2) is 0 Å². The maximum absolute atomic E-state index is 12.4. The number of thiol groups is 1. The fourth-order valence-electron chi connectivity index (χ4n) is 3.08. The summed E-state index contributed by atoms with van der Waals surface area (Å²) in [6, 6.07) is 5.87. The minimum atomic E-state index is 0.0000463. The van der Waals surface area contributed by atoms with Crippen LogP contribution in [0.5, 0.6) is 0 Å². The van der Waals surface area contributed by atoms with Crippen LogP contribution in [0.3, 0.4) is 0 Å². The first-order valence-corrected chi connectivity index (χ1v) is 8.52. The van der Waals surface area contributed by atoms with Crippen LogP contribution >= 0.6 is 28.6 Å². The highest BCUT2D eigenvalue weighted by Gasteiger charge is 2.29. The van der Waals surface area contributed by atoms with Gasteiger partial charge in [0.1, 0.15) is 0 Å². The van der Waals surface area contributed by atoms with Crippen LogP contribution in [0.15, 0.2) is 27.6 Å². The van der Waals surface area contributed by atoms with Crippen molar-refractivity contribution in [2.24, 2.45) is 11.8 Å². The van der Waals surface area contributed by atoms with E-state index in [0.717, 1.165) is 10.9 Å². The van der Waals surface area contributed by atoms with Gasteiger partial charge in [0.25, 0.3) is 5.91 Å². The molecule has 0 saturated heterocycles. The molecule has 1 fully saturated rings. The lowest BCUT2D eigenvalue weighted by Gasteiger charge is -2.35. The van der Waals surface area contributed by atoms with E-state index in [1.54, 1.807) is 0 Å². The van der Waals surface area contributed by atoms with Crippen molar-refractivity contribution >= 4 is 34.5 Å². The largest absolute Gasteiger partial charge is 0.349 e. The highest BCUT2D eigenvalue weighted by molar-refractivity contribution is 9.10. The Bertz CT molecular complexity index is 489. The maximum Gasteiger partial charge on any atom is 0.252 e. The van der Waals surface area contributed by atoms with E-state index >= 15 is 0 Å². The van der Waals surface area contributed by atoms with Crippen molar-refractivity contribution in [3.8, 4) is 0 Å². The molecule has 1 aliphatic carbocycles. The van der Waals surface area contributed by atoms with E-state index in [-0.39, 0.29) is 5.91 Å². The van der Waals surface area contributed by atoms with Gasteiger partial charge in [-0.3, -0.25) is 4.79 Å². The lowest BCUT2D eigenvalue weighted by Crippen LogP contribution is -2.44. The van der Waals surface area contributed by atoms with Gasteiger partial charge in [-0.05, 0) is 42.9 Å². The SMILES string of the molecule is CC(C)C1CCCCC1NC(=O)c1ccc(Br)cc1S. The van der Waals surface area contributed by atoms with Crippen LogP contribution in [0.25, 0.3) is 0 Å². The Hall–Kier alpha value is -0.480. The fraction of sp³-hybridized carbons (Fsp3) is 0.562. The number of hydrogen-bond acceptors (Lipinski definition) is 2. The lowest BCUT2D eigenvalue weighted by atomic mass is 9.78. The van der Waals surface area contributed by atoms with Crippen LogP contribution in [-0.2, 0) is 0 Å². The van der Waals surface area contributed by atoms with Crippen molar-refractivity contribution in [1.29, 1.82) is 0 Å². The lowest BCUT2D eigenvalue weighted by molar-refractivity contribution is 0.0886. The zero-order chi connectivity index (χ0) is 14.7. The molecule has 2 nitrogen and oxygen atoms in total. The average molecular weight is 356 g/mol. The second-order valence-electron chi connectivity index (χ2n) is 5.93. The fourth-order valence-corrected chi connectivity index (χ4v) is 3.93. The number of benzene rings is 1. The van der Waals surface area contributed by atoms with Gasteiger partial charge in [0, 0.05) is 15.4 Å². The van der Waals surface area contributed by atoms with Crippen LogP contribution in [0, 0.1) is 11.8 Å². The molecule has 1 saturated carbocycles. The number of halogens is 1. The molecule has 2 unspecified atom stereocenters. The standard InChI is InChI=1S/C16H22BrNOS/c1-10(2)12-5-3-4-6-14(12)18-16(19)13-8-7-11(17)9-15(13)20/h7-10,12,14,20H,3-6H2,1-2H3,(H,18,19). The predicted molar refractivity (Wildman–Crippen MR) is 89.4 cm³/mol. The molecule has 20 heavy (non-hydrogen) atoms. The number of carbonyl (C=O) groups is 1. The number of nitrogens with one attached hydrogen (secondary N) is 1. The van der Waals surface area contributed by atoms with E-state index in [9.17, 15) is 4.79 Å². The topological polar surface area (TPSA) is 29.1 Å². The summed E-state index contributed by atoms with van der Waals surface area (Å²) in [6.07, 6.45) is 4.80. The predicted octanol–water partition coefficient (Wildman–Crippen LogP) is 4.68. The zero-order valence-corrected chi connectivity index (χ0v) is 14.5. The highest BCUT2D eigenvalue weighted by atomic mass is 79.9. The van der Waals surface area contributed by atoms with E-state index in [2.05, 4.69) is 47.7 Å². The van der Waals surface area contributed by atoms with Crippen molar-refractivity contribution in [2.45, 2.75) is 50.5 Å². The molecule has 0 heterocycles. The number of amides is 1. The molecule has 0 spiro atoms. The summed E-state index contributed by atoms with van der Waals surface area (Å²) >= 11 is 7.79. The highest BCUT2D eigenvalue weighted by Crippen LogP contribution is 2.30. The second kappa shape index (κ2) is 6.99. The number of carbonyl (C=O) groups excluding carboxylic acids is 1. The van der Waals surface area contributed by atoms with E-state index in [4.69, 9.17) is 0 Å². The Kier molecular flexibility index (Phi) is 5.56. The summed E-state index contributed by atoms with van der Waals surface area (Å²) in [5.74, 6) is 1.20. The molecule has 0 aromatic heterocycles. The molecule has 110 valence electrons. The monoisotopic (exact) mass is 355 g/mol. The normalized spacial score (nSPS) is 22.9. The van der Waals surface area contributed by atoms with Gasteiger partial charge in [-0.15, -0.1) is 12.6 Å². The molecule has 2 rings (SSSR count). The van der Waals surface area contributed by atoms with E-state index in [1.165, 1.54) is 19.3 Å². The summed E-state index contributed by atoms with van der Waals surface area (Å²) in [5, 5.41) is 3.22. The first-order valence-electron chi connectivity index (χ1n) is 7.28. The zero-order valence-electron chi connectivity index (χ0n) is 12.0. The molecular weight excluding hydrogens is 334 g/mol. The van der Waals surface area contributed by atoms with Crippen LogP contribution in [0.1, 0.15) is 49.9 Å². The van der Waals surface area contributed by atoms with Gasteiger partial charge >= 0.3 is 0 Å². The number of hydrogen-bond donors (Lipinski definition) is 2. The van der Waals surface area contributed by atoms with E-state index in [1.807, 2.05) is 18.2 Å². The molecule has 1 aromatic carbocycles. The van der Waals surface area contributed by atoms with Crippen LogP contribution < -0.4 is 5.32 Å². The first kappa shape index (κ1) is 15.9. The van der Waals surface area contributed by atoms with Crippen LogP contribution in [0.2, 0.25) is 0 Å². The van der Waals surface area contributed by atoms with Crippen molar-refractivity contribution < 1.29 is 4.79 Å². The Morgan fingerprint density at radius 2 is 2.05 bits per heavy atom. The Labute approximate surface area is 135 Å². The molecular formula is C16H22BrNOS. The van der Waals surface area contributed by atoms with Crippen molar-refractivity contribution in [1.82, 2.24) is 5.32 Å². The Morgan fingerprint density at radius 3 is 2.70 bits per heavy atom. The third-order valence-corrected chi connectivity index (χ3v) is 5.06. The quantitative estimate of drug-likeness (QED) is 0.757. The molecule has 1 amide bonds. The minimum absolute atomic E-state index is 0.0000463. The summed E-state index contributed by atoms with van der Waals surface area (Å²) in [6.45, 7) is 4.50. The average Bonchev–Trinajstić information content (AvgIpc) is 2.38. The summed E-state index contributed by atoms with van der Waals surface area (Å²) < 4.78 is 0.941. The molecule has 2 atom stereocenters. The van der Waals surface area contributed by atoms with Crippen LogP contribution in [0.4, 0.5) is 0 Å². The number of rotatable bonds is 3. The molecule has 4 heteroatoms. The van der Waals surface area contributed by atoms with Crippen molar-refractivity contribution in [3.63, 3.8) is 0 Å². The molecule has 0 aliphatic heterocycles. The van der Waals surface area contributed by atoms with Crippen LogP contribution in [-0.4, -0.2) is 11.9 Å². The summed E-state index contributed by atoms with van der Waals surface area (Å²) in [5.41, 5.74) is 0.657. The molecule has 1 aromatic rings. The summed E-state index contributed by atoms with van der Waals surface area (Å²) in [7, 11) is 0. The molecule has 1 N–H and O–H groups in total. The third kappa shape index (κ3) is 3.79. The molecule has 0 radical (unpaired) electrons.